The number of carbonyl (C=O) groups is 1. The summed E-state index contributed by atoms with van der Waals surface area (Å²) in [6, 6.07) is 9.27. The summed E-state index contributed by atoms with van der Waals surface area (Å²) < 4.78 is 5.82. The summed E-state index contributed by atoms with van der Waals surface area (Å²) in [5, 5.41) is 6.80. The number of hydrogen-bond donors (Lipinski definition) is 3. The standard InChI is InChI=1S/C15H20N4O2/c1-10(2)7-8-21-14-6-4-3-5-11(14)12-9-13(19-18-12)15(20)17-16/h3-6,9-10H,7-8,16H2,1-2H3,(H,17,20)(H,18,19). The molecule has 0 saturated heterocycles. The lowest BCUT2D eigenvalue weighted by molar-refractivity contribution is 0.0948. The fraction of sp³-hybridized carbons (Fsp3) is 0.333. The normalized spacial score (nSPS) is 10.7. The lowest BCUT2D eigenvalue weighted by Gasteiger charge is -2.11. The second-order valence-corrected chi connectivity index (χ2v) is 5.17. The van der Waals surface area contributed by atoms with Crippen LogP contribution in [0.15, 0.2) is 30.3 Å². The monoisotopic (exact) mass is 288 g/mol. The Hall–Kier alpha value is -2.34. The lowest BCUT2D eigenvalue weighted by Crippen LogP contribution is -2.30. The van der Waals surface area contributed by atoms with Crippen molar-refractivity contribution in [1.29, 1.82) is 0 Å². The van der Waals surface area contributed by atoms with Gasteiger partial charge in [0.05, 0.1) is 12.3 Å². The molecule has 0 atom stereocenters. The topological polar surface area (TPSA) is 93.0 Å². The Morgan fingerprint density at radius 2 is 2.19 bits per heavy atom. The number of carbonyl (C=O) groups excluding carboxylic acids is 1. The van der Waals surface area contributed by atoms with Crippen LogP contribution in [0.25, 0.3) is 11.3 Å². The zero-order valence-corrected chi connectivity index (χ0v) is 12.2. The van der Waals surface area contributed by atoms with Crippen molar-refractivity contribution in [3.63, 3.8) is 0 Å². The number of benzene rings is 1. The molecule has 21 heavy (non-hydrogen) atoms. The van der Waals surface area contributed by atoms with Gasteiger partial charge in [0.1, 0.15) is 11.4 Å². The van der Waals surface area contributed by atoms with Crippen LogP contribution in [-0.4, -0.2) is 22.7 Å². The van der Waals surface area contributed by atoms with Gasteiger partial charge in [0.2, 0.25) is 0 Å². The van der Waals surface area contributed by atoms with Gasteiger partial charge in [-0.1, -0.05) is 26.0 Å². The van der Waals surface area contributed by atoms with Gasteiger partial charge in [0.15, 0.2) is 0 Å². The number of nitrogens with zero attached hydrogens (tertiary/aromatic N) is 1. The Morgan fingerprint density at radius 1 is 1.43 bits per heavy atom. The molecule has 112 valence electrons. The summed E-state index contributed by atoms with van der Waals surface area (Å²) in [5.41, 5.74) is 3.86. The van der Waals surface area contributed by atoms with E-state index in [0.717, 1.165) is 17.7 Å². The van der Waals surface area contributed by atoms with E-state index in [1.807, 2.05) is 24.3 Å². The summed E-state index contributed by atoms with van der Waals surface area (Å²) >= 11 is 0. The quantitative estimate of drug-likeness (QED) is 0.431. The number of rotatable bonds is 6. The number of nitrogen functional groups attached to an aromatic ring is 1. The van der Waals surface area contributed by atoms with E-state index in [-0.39, 0.29) is 0 Å². The van der Waals surface area contributed by atoms with Crippen molar-refractivity contribution in [2.45, 2.75) is 20.3 Å². The molecule has 0 fully saturated rings. The minimum absolute atomic E-state index is 0.310. The van der Waals surface area contributed by atoms with E-state index in [1.54, 1.807) is 6.07 Å². The van der Waals surface area contributed by atoms with Gasteiger partial charge in [-0.05, 0) is 30.5 Å². The number of para-hydroxylation sites is 1. The Bertz CT molecular complexity index is 607. The highest BCUT2D eigenvalue weighted by Crippen LogP contribution is 2.29. The van der Waals surface area contributed by atoms with Crippen LogP contribution < -0.4 is 16.0 Å². The molecule has 0 unspecified atom stereocenters. The molecule has 4 N–H and O–H groups in total. The molecule has 2 aromatic rings. The molecule has 0 spiro atoms. The van der Waals surface area contributed by atoms with Gasteiger partial charge in [0.25, 0.3) is 5.91 Å². The van der Waals surface area contributed by atoms with Gasteiger partial charge in [-0.2, -0.15) is 5.10 Å². The number of nitrogens with one attached hydrogen (secondary N) is 2. The van der Waals surface area contributed by atoms with Gasteiger partial charge in [-0.3, -0.25) is 15.3 Å². The second-order valence-electron chi connectivity index (χ2n) is 5.17. The number of aromatic amines is 1. The third-order valence-electron chi connectivity index (χ3n) is 3.07. The third kappa shape index (κ3) is 3.82. The minimum Gasteiger partial charge on any atom is -0.493 e. The van der Waals surface area contributed by atoms with Crippen molar-refractivity contribution in [3.05, 3.63) is 36.0 Å². The van der Waals surface area contributed by atoms with Crippen molar-refractivity contribution in [2.75, 3.05) is 6.61 Å². The van der Waals surface area contributed by atoms with Crippen LogP contribution >= 0.6 is 0 Å². The van der Waals surface area contributed by atoms with Gasteiger partial charge in [0, 0.05) is 5.56 Å². The van der Waals surface area contributed by atoms with E-state index in [0.29, 0.717) is 23.9 Å². The minimum atomic E-state index is -0.410. The molecule has 6 nitrogen and oxygen atoms in total. The van der Waals surface area contributed by atoms with Crippen LogP contribution in [0.1, 0.15) is 30.8 Å². The number of H-pyrrole nitrogens is 1. The van der Waals surface area contributed by atoms with Gasteiger partial charge in [-0.25, -0.2) is 5.84 Å². The fourth-order valence-corrected chi connectivity index (χ4v) is 1.86. The van der Waals surface area contributed by atoms with Crippen molar-refractivity contribution in [1.82, 2.24) is 15.6 Å². The first-order valence-corrected chi connectivity index (χ1v) is 6.90. The maximum Gasteiger partial charge on any atom is 0.283 e. The van der Waals surface area contributed by atoms with Gasteiger partial charge >= 0.3 is 0 Å². The molecule has 0 saturated carbocycles. The predicted octanol–water partition coefficient (Wildman–Crippen LogP) is 2.11. The van der Waals surface area contributed by atoms with Crippen LogP contribution in [0.5, 0.6) is 5.75 Å². The van der Waals surface area contributed by atoms with Crippen LogP contribution in [0.3, 0.4) is 0 Å². The molecule has 2 rings (SSSR count). The Morgan fingerprint density at radius 3 is 2.90 bits per heavy atom. The molecule has 1 aromatic heterocycles. The highest BCUT2D eigenvalue weighted by atomic mass is 16.5. The summed E-state index contributed by atoms with van der Waals surface area (Å²) in [6.07, 6.45) is 0.982. The third-order valence-corrected chi connectivity index (χ3v) is 3.07. The maximum absolute atomic E-state index is 11.5. The number of nitrogens with two attached hydrogens (primary N) is 1. The van der Waals surface area contributed by atoms with E-state index in [1.165, 1.54) is 0 Å². The number of amides is 1. The molecule has 0 aliphatic carbocycles. The molecule has 0 aliphatic rings. The molecule has 1 amide bonds. The van der Waals surface area contributed by atoms with E-state index in [2.05, 4.69) is 29.5 Å². The zero-order valence-electron chi connectivity index (χ0n) is 12.2. The Balaban J connectivity index is 2.19. The first-order valence-electron chi connectivity index (χ1n) is 6.90. The smallest absolute Gasteiger partial charge is 0.283 e. The highest BCUT2D eigenvalue weighted by Gasteiger charge is 2.13. The fourth-order valence-electron chi connectivity index (χ4n) is 1.86. The Labute approximate surface area is 123 Å². The maximum atomic E-state index is 11.5. The summed E-state index contributed by atoms with van der Waals surface area (Å²) in [4.78, 5) is 11.5. The molecular formula is C15H20N4O2. The van der Waals surface area contributed by atoms with E-state index < -0.39 is 5.91 Å². The molecule has 6 heteroatoms. The molecule has 0 bridgehead atoms. The van der Waals surface area contributed by atoms with E-state index in [9.17, 15) is 4.79 Å². The van der Waals surface area contributed by atoms with Crippen molar-refractivity contribution >= 4 is 5.91 Å². The number of ether oxygens (including phenoxy) is 1. The van der Waals surface area contributed by atoms with Gasteiger partial charge < -0.3 is 4.74 Å². The van der Waals surface area contributed by atoms with Crippen LogP contribution in [0.2, 0.25) is 0 Å². The summed E-state index contributed by atoms with van der Waals surface area (Å²) in [6.45, 7) is 4.95. The summed E-state index contributed by atoms with van der Waals surface area (Å²) in [5.74, 6) is 6.03. The SMILES string of the molecule is CC(C)CCOc1ccccc1-c1cc(C(=O)NN)[nH]n1. The van der Waals surface area contributed by atoms with Crippen molar-refractivity contribution < 1.29 is 9.53 Å². The Kier molecular flexibility index (Phi) is 4.94. The van der Waals surface area contributed by atoms with E-state index in [4.69, 9.17) is 10.6 Å². The molecule has 0 radical (unpaired) electrons. The highest BCUT2D eigenvalue weighted by molar-refractivity contribution is 5.93. The first kappa shape index (κ1) is 15.1. The second kappa shape index (κ2) is 6.90. The average molecular weight is 288 g/mol. The largest absolute Gasteiger partial charge is 0.493 e. The molecular weight excluding hydrogens is 268 g/mol. The average Bonchev–Trinajstić information content (AvgIpc) is 2.96. The predicted molar refractivity (Wildman–Crippen MR) is 80.6 cm³/mol. The number of hydrazine groups is 1. The zero-order chi connectivity index (χ0) is 15.2. The van der Waals surface area contributed by atoms with Crippen molar-refractivity contribution in [2.24, 2.45) is 11.8 Å². The van der Waals surface area contributed by atoms with Crippen LogP contribution in [0.4, 0.5) is 0 Å². The lowest BCUT2D eigenvalue weighted by atomic mass is 10.1. The van der Waals surface area contributed by atoms with Crippen LogP contribution in [-0.2, 0) is 0 Å². The van der Waals surface area contributed by atoms with Gasteiger partial charge in [-0.15, -0.1) is 0 Å². The van der Waals surface area contributed by atoms with Crippen molar-refractivity contribution in [3.8, 4) is 17.0 Å². The number of aromatic nitrogens is 2. The number of hydrogen-bond acceptors (Lipinski definition) is 4. The molecule has 1 aromatic carbocycles. The molecule has 0 aliphatic heterocycles. The first-order chi connectivity index (χ1) is 10.1. The van der Waals surface area contributed by atoms with E-state index >= 15 is 0 Å². The molecule has 1 heterocycles. The summed E-state index contributed by atoms with van der Waals surface area (Å²) in [7, 11) is 0. The van der Waals surface area contributed by atoms with Crippen LogP contribution in [0, 0.1) is 5.92 Å².